The standard InChI is InChI=1S/C25H22N4O3/c30-25(31)22(13-18-7-3-1-4-8-18)29-23-14-21(27-17-28-23)20-11-12-24(26-15-20)32-16-19-9-5-2-6-10-19/h1-12,14-15,17,22H,13,16H2,(H,30,31)(H,27,28,29)/t22-/m0/s1. The third kappa shape index (κ3) is 5.66. The van der Waals surface area contributed by atoms with E-state index in [1.807, 2.05) is 66.7 Å². The number of rotatable bonds is 9. The van der Waals surface area contributed by atoms with Gasteiger partial charge in [-0.3, -0.25) is 0 Å². The molecule has 0 fully saturated rings. The van der Waals surface area contributed by atoms with E-state index in [4.69, 9.17) is 4.74 Å². The van der Waals surface area contributed by atoms with Crippen molar-refractivity contribution in [3.05, 3.63) is 103 Å². The van der Waals surface area contributed by atoms with Crippen molar-refractivity contribution in [2.24, 2.45) is 0 Å². The zero-order valence-corrected chi connectivity index (χ0v) is 17.3. The van der Waals surface area contributed by atoms with E-state index in [0.29, 0.717) is 30.4 Å². The number of pyridine rings is 1. The minimum atomic E-state index is -0.949. The maximum Gasteiger partial charge on any atom is 0.326 e. The van der Waals surface area contributed by atoms with Gasteiger partial charge in [-0.05, 0) is 17.2 Å². The minimum Gasteiger partial charge on any atom is -0.480 e. The van der Waals surface area contributed by atoms with Crippen LogP contribution < -0.4 is 10.1 Å². The van der Waals surface area contributed by atoms with E-state index in [1.54, 1.807) is 18.3 Å². The van der Waals surface area contributed by atoms with E-state index in [-0.39, 0.29) is 0 Å². The zero-order chi connectivity index (χ0) is 22.2. The molecule has 32 heavy (non-hydrogen) atoms. The van der Waals surface area contributed by atoms with E-state index in [0.717, 1.165) is 16.7 Å². The Balaban J connectivity index is 1.43. The molecule has 0 saturated carbocycles. The van der Waals surface area contributed by atoms with E-state index in [1.165, 1.54) is 6.33 Å². The van der Waals surface area contributed by atoms with Gasteiger partial charge in [-0.25, -0.2) is 19.7 Å². The molecule has 0 aliphatic rings. The molecule has 4 aromatic rings. The molecule has 0 amide bonds. The van der Waals surface area contributed by atoms with Crippen molar-refractivity contribution in [1.82, 2.24) is 15.0 Å². The van der Waals surface area contributed by atoms with Crippen LogP contribution in [0.4, 0.5) is 5.82 Å². The quantitative estimate of drug-likeness (QED) is 0.413. The van der Waals surface area contributed by atoms with Crippen LogP contribution in [0.5, 0.6) is 5.88 Å². The molecule has 2 aromatic carbocycles. The topological polar surface area (TPSA) is 97.2 Å². The largest absolute Gasteiger partial charge is 0.480 e. The molecule has 0 unspecified atom stereocenters. The second-order valence-electron chi connectivity index (χ2n) is 7.17. The van der Waals surface area contributed by atoms with Crippen molar-refractivity contribution in [3.8, 4) is 17.1 Å². The van der Waals surface area contributed by atoms with Gasteiger partial charge in [0.15, 0.2) is 0 Å². The molecular weight excluding hydrogens is 404 g/mol. The van der Waals surface area contributed by atoms with Crippen LogP contribution in [0, 0.1) is 0 Å². The number of hydrogen-bond acceptors (Lipinski definition) is 6. The SMILES string of the molecule is O=C(O)[C@H](Cc1ccccc1)Nc1cc(-c2ccc(OCc3ccccc3)nc2)ncn1. The number of ether oxygens (including phenoxy) is 1. The third-order valence-electron chi connectivity index (χ3n) is 4.83. The number of anilines is 1. The van der Waals surface area contributed by atoms with Gasteiger partial charge in [0, 0.05) is 30.3 Å². The van der Waals surface area contributed by atoms with Gasteiger partial charge in [-0.1, -0.05) is 60.7 Å². The van der Waals surface area contributed by atoms with Crippen molar-refractivity contribution >= 4 is 11.8 Å². The van der Waals surface area contributed by atoms with E-state index >= 15 is 0 Å². The van der Waals surface area contributed by atoms with Crippen LogP contribution in [-0.4, -0.2) is 32.1 Å². The Morgan fingerprint density at radius 3 is 2.28 bits per heavy atom. The van der Waals surface area contributed by atoms with Crippen molar-refractivity contribution in [2.45, 2.75) is 19.1 Å². The highest BCUT2D eigenvalue weighted by molar-refractivity contribution is 5.77. The monoisotopic (exact) mass is 426 g/mol. The summed E-state index contributed by atoms with van der Waals surface area (Å²) in [5.41, 5.74) is 3.40. The molecule has 160 valence electrons. The molecule has 0 bridgehead atoms. The molecule has 0 spiro atoms. The highest BCUT2D eigenvalue weighted by Crippen LogP contribution is 2.21. The summed E-state index contributed by atoms with van der Waals surface area (Å²) in [5, 5.41) is 12.6. The first-order chi connectivity index (χ1) is 15.7. The Morgan fingerprint density at radius 2 is 1.62 bits per heavy atom. The van der Waals surface area contributed by atoms with E-state index < -0.39 is 12.0 Å². The molecule has 2 aromatic heterocycles. The Bertz CT molecular complexity index is 1150. The fraction of sp³-hybridized carbons (Fsp3) is 0.120. The summed E-state index contributed by atoms with van der Waals surface area (Å²) in [7, 11) is 0. The lowest BCUT2D eigenvalue weighted by Crippen LogP contribution is -2.31. The molecule has 2 N–H and O–H groups in total. The van der Waals surface area contributed by atoms with Crippen LogP contribution >= 0.6 is 0 Å². The molecule has 1 atom stereocenters. The summed E-state index contributed by atoms with van der Waals surface area (Å²) in [6.07, 6.45) is 3.41. The number of nitrogens with zero attached hydrogens (tertiary/aromatic N) is 3. The van der Waals surface area contributed by atoms with Crippen LogP contribution in [-0.2, 0) is 17.8 Å². The summed E-state index contributed by atoms with van der Waals surface area (Å²) < 4.78 is 5.72. The Morgan fingerprint density at radius 1 is 0.906 bits per heavy atom. The van der Waals surface area contributed by atoms with Gasteiger partial charge in [0.2, 0.25) is 5.88 Å². The first kappa shape index (κ1) is 21.0. The van der Waals surface area contributed by atoms with Crippen LogP contribution in [0.15, 0.2) is 91.4 Å². The average Bonchev–Trinajstić information content (AvgIpc) is 2.84. The number of carbonyl (C=O) groups is 1. The Labute approximate surface area is 185 Å². The maximum absolute atomic E-state index is 11.7. The number of aromatic nitrogens is 3. The molecule has 0 aliphatic carbocycles. The van der Waals surface area contributed by atoms with Crippen LogP contribution in [0.2, 0.25) is 0 Å². The fourth-order valence-corrected chi connectivity index (χ4v) is 3.17. The highest BCUT2D eigenvalue weighted by Gasteiger charge is 2.18. The van der Waals surface area contributed by atoms with Gasteiger partial charge in [-0.15, -0.1) is 0 Å². The lowest BCUT2D eigenvalue weighted by Gasteiger charge is -2.15. The third-order valence-corrected chi connectivity index (χ3v) is 4.83. The van der Waals surface area contributed by atoms with Crippen molar-refractivity contribution in [1.29, 1.82) is 0 Å². The molecule has 7 heteroatoms. The molecule has 0 radical (unpaired) electrons. The fourth-order valence-electron chi connectivity index (χ4n) is 3.17. The summed E-state index contributed by atoms with van der Waals surface area (Å²) in [5.74, 6) is -0.00264. The molecular formula is C25H22N4O3. The van der Waals surface area contributed by atoms with Crippen molar-refractivity contribution in [3.63, 3.8) is 0 Å². The first-order valence-electron chi connectivity index (χ1n) is 10.2. The van der Waals surface area contributed by atoms with Gasteiger partial charge < -0.3 is 15.2 Å². The van der Waals surface area contributed by atoms with Crippen molar-refractivity contribution in [2.75, 3.05) is 5.32 Å². The molecule has 2 heterocycles. The smallest absolute Gasteiger partial charge is 0.326 e. The second-order valence-corrected chi connectivity index (χ2v) is 7.17. The van der Waals surface area contributed by atoms with Gasteiger partial charge >= 0.3 is 5.97 Å². The van der Waals surface area contributed by atoms with Gasteiger partial charge in [0.05, 0.1) is 5.69 Å². The number of aliphatic carboxylic acids is 1. The van der Waals surface area contributed by atoms with Crippen LogP contribution in [0.1, 0.15) is 11.1 Å². The van der Waals surface area contributed by atoms with Gasteiger partial charge in [-0.2, -0.15) is 0 Å². The van der Waals surface area contributed by atoms with Gasteiger partial charge in [0.1, 0.15) is 24.8 Å². The molecule has 7 nitrogen and oxygen atoms in total. The Kier molecular flexibility index (Phi) is 6.67. The zero-order valence-electron chi connectivity index (χ0n) is 17.3. The van der Waals surface area contributed by atoms with Crippen molar-refractivity contribution < 1.29 is 14.6 Å². The minimum absolute atomic E-state index is 0.338. The van der Waals surface area contributed by atoms with Gasteiger partial charge in [0.25, 0.3) is 0 Å². The summed E-state index contributed by atoms with van der Waals surface area (Å²) in [6, 6.07) is 23.9. The lowest BCUT2D eigenvalue weighted by molar-refractivity contribution is -0.137. The van der Waals surface area contributed by atoms with E-state index in [9.17, 15) is 9.90 Å². The average molecular weight is 426 g/mol. The first-order valence-corrected chi connectivity index (χ1v) is 10.2. The van der Waals surface area contributed by atoms with E-state index in [2.05, 4.69) is 20.3 Å². The maximum atomic E-state index is 11.7. The summed E-state index contributed by atoms with van der Waals surface area (Å²) in [6.45, 7) is 0.437. The molecule has 4 rings (SSSR count). The number of nitrogens with one attached hydrogen (secondary N) is 1. The summed E-state index contributed by atoms with van der Waals surface area (Å²) in [4.78, 5) is 24.6. The number of hydrogen-bond donors (Lipinski definition) is 2. The predicted molar refractivity (Wildman–Crippen MR) is 121 cm³/mol. The Hall–Kier alpha value is -4.26. The highest BCUT2D eigenvalue weighted by atomic mass is 16.5. The lowest BCUT2D eigenvalue weighted by atomic mass is 10.1. The summed E-state index contributed by atoms with van der Waals surface area (Å²) >= 11 is 0. The number of carboxylic acids is 1. The molecule has 0 aliphatic heterocycles. The predicted octanol–water partition coefficient (Wildman–Crippen LogP) is 4.23. The van der Waals surface area contributed by atoms with Crippen LogP contribution in [0.3, 0.4) is 0 Å². The molecule has 0 saturated heterocycles. The van der Waals surface area contributed by atoms with Crippen LogP contribution in [0.25, 0.3) is 11.3 Å². The number of carboxylic acid groups (broad SMARTS) is 1. The second kappa shape index (κ2) is 10.2. The normalized spacial score (nSPS) is 11.5. The number of benzene rings is 2.